The Bertz CT molecular complexity index is 849. The first kappa shape index (κ1) is 23.3. The smallest absolute Gasteiger partial charge is 0.316 e. The number of phenols is 2. The number of benzene rings is 1. The van der Waals surface area contributed by atoms with Crippen LogP contribution in [0, 0.1) is 16.0 Å². The Kier molecular flexibility index (Phi) is 7.12. The summed E-state index contributed by atoms with van der Waals surface area (Å²) in [6, 6.07) is 2.91. The standard InChI is InChI=1S/C22H29NO7/c1-13(2)16-7-6-14(3)10-17(16)20-18(24)11-15(12-19(20)25)22(4,5)21(26)29-8-9-30-23(27)28/h10-12,16-17,24-25H,1,6-9H2,2-5H3. The van der Waals surface area contributed by atoms with Crippen molar-refractivity contribution in [1.29, 1.82) is 0 Å². The van der Waals surface area contributed by atoms with E-state index in [-0.39, 0.29) is 36.5 Å². The van der Waals surface area contributed by atoms with Gasteiger partial charge in [-0.05, 0) is 64.2 Å². The highest BCUT2D eigenvalue weighted by Gasteiger charge is 2.35. The van der Waals surface area contributed by atoms with E-state index >= 15 is 0 Å². The van der Waals surface area contributed by atoms with E-state index in [1.807, 2.05) is 19.9 Å². The minimum absolute atomic E-state index is 0.0934. The molecule has 1 aromatic rings. The molecule has 1 aliphatic rings. The molecule has 1 aliphatic carbocycles. The first-order valence-electron chi connectivity index (χ1n) is 9.78. The molecule has 0 fully saturated rings. The van der Waals surface area contributed by atoms with Crippen LogP contribution in [0.4, 0.5) is 0 Å². The molecule has 1 aromatic carbocycles. The maximum atomic E-state index is 12.5. The summed E-state index contributed by atoms with van der Waals surface area (Å²) in [7, 11) is 0. The number of hydrogen-bond donors (Lipinski definition) is 2. The van der Waals surface area contributed by atoms with E-state index in [0.717, 1.165) is 18.4 Å². The van der Waals surface area contributed by atoms with Gasteiger partial charge in [-0.3, -0.25) is 4.79 Å². The number of phenolic OH excluding ortho intramolecular Hbond substituents is 2. The predicted molar refractivity (Wildman–Crippen MR) is 111 cm³/mol. The molecule has 2 unspecified atom stereocenters. The minimum Gasteiger partial charge on any atom is -0.507 e. The Morgan fingerprint density at radius 2 is 1.90 bits per heavy atom. The van der Waals surface area contributed by atoms with Crippen LogP contribution in [0.5, 0.6) is 11.5 Å². The summed E-state index contributed by atoms with van der Waals surface area (Å²) in [5.41, 5.74) is 1.74. The van der Waals surface area contributed by atoms with Crippen molar-refractivity contribution in [2.45, 2.75) is 51.9 Å². The van der Waals surface area contributed by atoms with Crippen molar-refractivity contribution in [1.82, 2.24) is 0 Å². The van der Waals surface area contributed by atoms with Gasteiger partial charge >= 0.3 is 5.97 Å². The van der Waals surface area contributed by atoms with Gasteiger partial charge in [0.2, 0.25) is 0 Å². The van der Waals surface area contributed by atoms with Crippen molar-refractivity contribution >= 4 is 5.97 Å². The fourth-order valence-corrected chi connectivity index (χ4v) is 3.78. The largest absolute Gasteiger partial charge is 0.507 e. The summed E-state index contributed by atoms with van der Waals surface area (Å²) in [5, 5.41) is 30.7. The quantitative estimate of drug-likeness (QED) is 0.214. The first-order valence-corrected chi connectivity index (χ1v) is 9.78. The van der Waals surface area contributed by atoms with Crippen LogP contribution in [-0.2, 0) is 19.8 Å². The van der Waals surface area contributed by atoms with Crippen LogP contribution in [0.1, 0.15) is 57.6 Å². The normalized spacial score (nSPS) is 19.0. The molecular formula is C22H29NO7. The maximum absolute atomic E-state index is 12.5. The van der Waals surface area contributed by atoms with E-state index in [2.05, 4.69) is 11.4 Å². The molecule has 0 saturated carbocycles. The van der Waals surface area contributed by atoms with Crippen LogP contribution in [-0.4, -0.2) is 34.5 Å². The van der Waals surface area contributed by atoms with E-state index in [1.54, 1.807) is 13.8 Å². The van der Waals surface area contributed by atoms with Gasteiger partial charge in [-0.1, -0.05) is 23.8 Å². The third-order valence-electron chi connectivity index (χ3n) is 5.60. The van der Waals surface area contributed by atoms with Gasteiger partial charge in [-0.25, -0.2) is 0 Å². The van der Waals surface area contributed by atoms with Gasteiger partial charge in [0, 0.05) is 11.5 Å². The van der Waals surface area contributed by atoms with Crippen molar-refractivity contribution in [2.75, 3.05) is 13.2 Å². The van der Waals surface area contributed by atoms with Gasteiger partial charge in [-0.2, -0.15) is 0 Å². The van der Waals surface area contributed by atoms with Crippen LogP contribution in [0.3, 0.4) is 0 Å². The highest BCUT2D eigenvalue weighted by atomic mass is 17.0. The lowest BCUT2D eigenvalue weighted by Gasteiger charge is -2.32. The molecule has 164 valence electrons. The van der Waals surface area contributed by atoms with E-state index in [4.69, 9.17) is 4.74 Å². The SMILES string of the molecule is C=C(C)C1CCC(C)=CC1c1c(O)cc(C(C)(C)C(=O)OCCO[N+](=O)[O-])cc1O. The van der Waals surface area contributed by atoms with Gasteiger partial charge < -0.3 is 19.8 Å². The zero-order chi connectivity index (χ0) is 22.6. The average Bonchev–Trinajstić information content (AvgIpc) is 2.64. The van der Waals surface area contributed by atoms with Crippen molar-refractivity contribution in [3.63, 3.8) is 0 Å². The third kappa shape index (κ3) is 5.11. The summed E-state index contributed by atoms with van der Waals surface area (Å²) in [6.07, 6.45) is 3.87. The lowest BCUT2D eigenvalue weighted by molar-refractivity contribution is -0.757. The maximum Gasteiger partial charge on any atom is 0.316 e. The molecule has 0 aliphatic heterocycles. The second-order valence-corrected chi connectivity index (χ2v) is 8.28. The minimum atomic E-state index is -1.20. The molecule has 0 spiro atoms. The number of hydrogen-bond acceptors (Lipinski definition) is 7. The van der Waals surface area contributed by atoms with Gasteiger partial charge in [0.15, 0.2) is 0 Å². The molecule has 2 rings (SSSR count). The molecule has 2 N–H and O–H groups in total. The fraction of sp³-hybridized carbons (Fsp3) is 0.500. The lowest BCUT2D eigenvalue weighted by Crippen LogP contribution is -2.32. The number of allylic oxidation sites excluding steroid dienone is 3. The highest BCUT2D eigenvalue weighted by molar-refractivity contribution is 5.82. The number of rotatable bonds is 8. The Labute approximate surface area is 175 Å². The Morgan fingerprint density at radius 1 is 1.30 bits per heavy atom. The Morgan fingerprint density at radius 3 is 2.43 bits per heavy atom. The zero-order valence-corrected chi connectivity index (χ0v) is 17.8. The van der Waals surface area contributed by atoms with E-state index < -0.39 is 16.5 Å². The number of ether oxygens (including phenoxy) is 1. The molecule has 8 nitrogen and oxygen atoms in total. The second kappa shape index (κ2) is 9.19. The molecule has 8 heteroatoms. The van der Waals surface area contributed by atoms with Crippen molar-refractivity contribution in [2.24, 2.45) is 5.92 Å². The van der Waals surface area contributed by atoms with Gasteiger partial charge in [0.25, 0.3) is 5.09 Å². The van der Waals surface area contributed by atoms with Crippen molar-refractivity contribution in [3.8, 4) is 11.5 Å². The van der Waals surface area contributed by atoms with E-state index in [1.165, 1.54) is 17.7 Å². The fourth-order valence-electron chi connectivity index (χ4n) is 3.78. The number of nitrogens with zero attached hydrogens (tertiary/aromatic N) is 1. The van der Waals surface area contributed by atoms with E-state index in [0.29, 0.717) is 11.1 Å². The van der Waals surface area contributed by atoms with Crippen molar-refractivity contribution in [3.05, 3.63) is 57.2 Å². The molecule has 2 atom stereocenters. The van der Waals surface area contributed by atoms with Gasteiger partial charge in [-0.15, -0.1) is 10.1 Å². The summed E-state index contributed by atoms with van der Waals surface area (Å²) >= 11 is 0. The third-order valence-corrected chi connectivity index (χ3v) is 5.60. The van der Waals surface area contributed by atoms with Crippen LogP contribution >= 0.6 is 0 Å². The van der Waals surface area contributed by atoms with Crippen LogP contribution in [0.25, 0.3) is 0 Å². The summed E-state index contributed by atoms with van der Waals surface area (Å²) < 4.78 is 5.05. The van der Waals surface area contributed by atoms with Crippen LogP contribution in [0.15, 0.2) is 35.9 Å². The Balaban J connectivity index is 2.30. The Hall–Kier alpha value is -3.03. The molecule has 0 aromatic heterocycles. The number of esters is 1. The second-order valence-electron chi connectivity index (χ2n) is 8.28. The predicted octanol–water partition coefficient (Wildman–Crippen LogP) is 4.14. The van der Waals surface area contributed by atoms with Crippen molar-refractivity contribution < 1.29 is 29.7 Å². The average molecular weight is 419 g/mol. The van der Waals surface area contributed by atoms with Crippen LogP contribution < -0.4 is 0 Å². The van der Waals surface area contributed by atoms with Crippen LogP contribution in [0.2, 0.25) is 0 Å². The number of carbonyl (C=O) groups is 1. The van der Waals surface area contributed by atoms with E-state index in [9.17, 15) is 25.1 Å². The molecular weight excluding hydrogens is 390 g/mol. The number of carbonyl (C=O) groups excluding carboxylic acids is 1. The molecule has 0 heterocycles. The van der Waals surface area contributed by atoms with Gasteiger partial charge in [0.1, 0.15) is 24.7 Å². The summed E-state index contributed by atoms with van der Waals surface area (Å²) in [4.78, 5) is 26.8. The monoisotopic (exact) mass is 419 g/mol. The molecule has 0 saturated heterocycles. The summed E-state index contributed by atoms with van der Waals surface area (Å²) in [6.45, 7) is 10.5. The van der Waals surface area contributed by atoms with Gasteiger partial charge in [0.05, 0.1) is 5.41 Å². The number of aromatic hydroxyl groups is 2. The first-order chi connectivity index (χ1) is 13.9. The highest BCUT2D eigenvalue weighted by Crippen LogP contribution is 2.47. The summed E-state index contributed by atoms with van der Waals surface area (Å²) in [5.74, 6) is -0.987. The lowest BCUT2D eigenvalue weighted by atomic mass is 9.73. The molecule has 0 amide bonds. The molecule has 30 heavy (non-hydrogen) atoms. The molecule has 0 radical (unpaired) electrons. The topological polar surface area (TPSA) is 119 Å². The molecule has 0 bridgehead atoms. The zero-order valence-electron chi connectivity index (χ0n) is 17.8.